The summed E-state index contributed by atoms with van der Waals surface area (Å²) in [6.45, 7) is 7.47. The molecule has 1 fully saturated rings. The molecule has 2 atom stereocenters. The second kappa shape index (κ2) is 2.48. The van der Waals surface area contributed by atoms with Gasteiger partial charge in [0.15, 0.2) is 0 Å². The lowest BCUT2D eigenvalue weighted by atomic mass is 9.92. The van der Waals surface area contributed by atoms with E-state index in [1.54, 1.807) is 0 Å². The smallest absolute Gasteiger partial charge is 0.129 e. The number of ether oxygens (including phenoxy) is 1. The summed E-state index contributed by atoms with van der Waals surface area (Å²) < 4.78 is 5.42. The van der Waals surface area contributed by atoms with Crippen LogP contribution in [0.4, 0.5) is 0 Å². The van der Waals surface area contributed by atoms with Gasteiger partial charge in [-0.2, -0.15) is 0 Å². The highest BCUT2D eigenvalue weighted by atomic mass is 16.5. The highest BCUT2D eigenvalue weighted by Gasteiger charge is 2.38. The molecule has 1 aliphatic rings. The van der Waals surface area contributed by atoms with Crippen molar-refractivity contribution in [1.29, 1.82) is 0 Å². The van der Waals surface area contributed by atoms with E-state index in [4.69, 9.17) is 4.74 Å². The van der Waals surface area contributed by atoms with Crippen LogP contribution in [0.25, 0.3) is 0 Å². The number of hydrogen-bond acceptors (Lipinski definition) is 1. The first kappa shape index (κ1) is 7.37. The lowest BCUT2D eigenvalue weighted by Crippen LogP contribution is -2.45. The van der Waals surface area contributed by atoms with E-state index in [0.717, 1.165) is 6.42 Å². The van der Waals surface area contributed by atoms with Gasteiger partial charge in [-0.15, -0.1) is 12.5 Å². The van der Waals surface area contributed by atoms with Gasteiger partial charge in [0.1, 0.15) is 5.60 Å². The molecule has 0 aromatic rings. The Kier molecular flexibility index (Phi) is 1.82. The summed E-state index contributed by atoms with van der Waals surface area (Å²) in [5.41, 5.74) is -0.187. The Balaban J connectivity index is 2.46. The monoisotopic (exact) mass is 136 g/mol. The van der Waals surface area contributed by atoms with Gasteiger partial charge in [0.25, 0.3) is 0 Å². The molecule has 0 aliphatic carbocycles. The van der Waals surface area contributed by atoms with E-state index in [0.29, 0.717) is 0 Å². The molecule has 1 nitrogen and oxygen atoms in total. The van der Waals surface area contributed by atoms with Crippen LogP contribution >= 0.6 is 0 Å². The zero-order chi connectivity index (χ0) is 7.61. The minimum atomic E-state index is -0.187. The van der Waals surface area contributed by atoms with Crippen molar-refractivity contribution in [2.75, 3.05) is 0 Å². The topological polar surface area (TPSA) is 9.23 Å². The SMILES string of the molecule is C=CC1CC(C)(C#CC)O1. The molecule has 1 heteroatoms. The molecule has 0 N–H and O–H groups in total. The van der Waals surface area contributed by atoms with Crippen molar-refractivity contribution in [3.05, 3.63) is 12.7 Å². The molecule has 54 valence electrons. The summed E-state index contributed by atoms with van der Waals surface area (Å²) in [7, 11) is 0. The third-order valence-electron chi connectivity index (χ3n) is 1.65. The second-order valence-electron chi connectivity index (χ2n) is 2.70. The normalized spacial score (nSPS) is 37.2. The molecular weight excluding hydrogens is 124 g/mol. The first-order valence-electron chi connectivity index (χ1n) is 3.44. The van der Waals surface area contributed by atoms with Crippen LogP contribution in [-0.4, -0.2) is 11.7 Å². The summed E-state index contributed by atoms with van der Waals surface area (Å²) in [4.78, 5) is 0. The van der Waals surface area contributed by atoms with Gasteiger partial charge in [0.2, 0.25) is 0 Å². The van der Waals surface area contributed by atoms with E-state index in [1.807, 2.05) is 19.9 Å². The molecule has 1 rings (SSSR count). The van der Waals surface area contributed by atoms with Crippen LogP contribution < -0.4 is 0 Å². The quantitative estimate of drug-likeness (QED) is 0.394. The maximum Gasteiger partial charge on any atom is 0.129 e. The average Bonchev–Trinajstić information content (AvgIpc) is 1.83. The fourth-order valence-corrected chi connectivity index (χ4v) is 1.18. The third-order valence-corrected chi connectivity index (χ3v) is 1.65. The predicted molar refractivity (Wildman–Crippen MR) is 41.5 cm³/mol. The van der Waals surface area contributed by atoms with Crippen molar-refractivity contribution in [1.82, 2.24) is 0 Å². The maximum atomic E-state index is 5.42. The molecule has 1 heterocycles. The largest absolute Gasteiger partial charge is 0.355 e. The standard InChI is InChI=1S/C9H12O/c1-4-6-9(3)7-8(5-2)10-9/h5,8H,2,7H2,1,3H3. The molecule has 1 saturated heterocycles. The molecule has 0 aromatic carbocycles. The van der Waals surface area contributed by atoms with E-state index >= 15 is 0 Å². The van der Waals surface area contributed by atoms with Gasteiger partial charge in [0.05, 0.1) is 6.10 Å². The average molecular weight is 136 g/mol. The van der Waals surface area contributed by atoms with E-state index in [-0.39, 0.29) is 11.7 Å². The first-order chi connectivity index (χ1) is 4.70. The fraction of sp³-hybridized carbons (Fsp3) is 0.556. The van der Waals surface area contributed by atoms with Crippen molar-refractivity contribution < 1.29 is 4.74 Å². The first-order valence-corrected chi connectivity index (χ1v) is 3.44. The highest BCUT2D eigenvalue weighted by molar-refractivity contribution is 5.18. The number of rotatable bonds is 1. The Morgan fingerprint density at radius 1 is 1.80 bits per heavy atom. The molecular formula is C9H12O. The third kappa shape index (κ3) is 1.22. The Hall–Kier alpha value is -0.740. The molecule has 2 unspecified atom stereocenters. The van der Waals surface area contributed by atoms with Gasteiger partial charge < -0.3 is 4.74 Å². The van der Waals surface area contributed by atoms with Gasteiger partial charge in [-0.05, 0) is 13.8 Å². The van der Waals surface area contributed by atoms with Gasteiger partial charge in [-0.1, -0.05) is 12.0 Å². The van der Waals surface area contributed by atoms with E-state index in [2.05, 4.69) is 18.4 Å². The van der Waals surface area contributed by atoms with Crippen LogP contribution in [-0.2, 0) is 4.74 Å². The van der Waals surface area contributed by atoms with Crippen LogP contribution in [0.5, 0.6) is 0 Å². The zero-order valence-electron chi connectivity index (χ0n) is 6.48. The summed E-state index contributed by atoms with van der Waals surface area (Å²) in [5.74, 6) is 5.85. The lowest BCUT2D eigenvalue weighted by Gasteiger charge is -2.40. The molecule has 0 aromatic heterocycles. The molecule has 1 aliphatic heterocycles. The summed E-state index contributed by atoms with van der Waals surface area (Å²) >= 11 is 0. The van der Waals surface area contributed by atoms with Gasteiger partial charge in [-0.25, -0.2) is 0 Å². The van der Waals surface area contributed by atoms with Crippen LogP contribution in [0, 0.1) is 11.8 Å². The molecule has 0 radical (unpaired) electrons. The minimum Gasteiger partial charge on any atom is -0.355 e. The Bertz CT molecular complexity index is 189. The molecule has 10 heavy (non-hydrogen) atoms. The zero-order valence-corrected chi connectivity index (χ0v) is 6.48. The fourth-order valence-electron chi connectivity index (χ4n) is 1.18. The van der Waals surface area contributed by atoms with Crippen LogP contribution in [0.15, 0.2) is 12.7 Å². The number of hydrogen-bond donors (Lipinski definition) is 0. The highest BCUT2D eigenvalue weighted by Crippen LogP contribution is 2.31. The second-order valence-corrected chi connectivity index (χ2v) is 2.70. The van der Waals surface area contributed by atoms with Crippen molar-refractivity contribution in [2.24, 2.45) is 0 Å². The van der Waals surface area contributed by atoms with Gasteiger partial charge >= 0.3 is 0 Å². The van der Waals surface area contributed by atoms with Gasteiger partial charge in [-0.3, -0.25) is 0 Å². The lowest BCUT2D eigenvalue weighted by molar-refractivity contribution is -0.135. The predicted octanol–water partition coefficient (Wildman–Crippen LogP) is 1.74. The van der Waals surface area contributed by atoms with Crippen LogP contribution in [0.2, 0.25) is 0 Å². The Morgan fingerprint density at radius 3 is 2.80 bits per heavy atom. The van der Waals surface area contributed by atoms with Gasteiger partial charge in [0, 0.05) is 6.42 Å². The summed E-state index contributed by atoms with van der Waals surface area (Å²) in [5, 5.41) is 0. The van der Waals surface area contributed by atoms with Crippen molar-refractivity contribution in [3.63, 3.8) is 0 Å². The van der Waals surface area contributed by atoms with Crippen molar-refractivity contribution in [2.45, 2.75) is 32.0 Å². The van der Waals surface area contributed by atoms with Crippen molar-refractivity contribution >= 4 is 0 Å². The van der Waals surface area contributed by atoms with Crippen LogP contribution in [0.1, 0.15) is 20.3 Å². The molecule has 0 saturated carbocycles. The maximum absolute atomic E-state index is 5.42. The van der Waals surface area contributed by atoms with E-state index in [9.17, 15) is 0 Å². The molecule has 0 amide bonds. The summed E-state index contributed by atoms with van der Waals surface area (Å²) in [6.07, 6.45) is 3.03. The Morgan fingerprint density at radius 2 is 2.40 bits per heavy atom. The Labute approximate surface area is 62.1 Å². The van der Waals surface area contributed by atoms with E-state index in [1.165, 1.54) is 0 Å². The minimum absolute atomic E-state index is 0.187. The van der Waals surface area contributed by atoms with E-state index < -0.39 is 0 Å². The van der Waals surface area contributed by atoms with Crippen LogP contribution in [0.3, 0.4) is 0 Å². The summed E-state index contributed by atoms with van der Waals surface area (Å²) in [6, 6.07) is 0. The molecule has 0 bridgehead atoms. The van der Waals surface area contributed by atoms with Crippen molar-refractivity contribution in [3.8, 4) is 11.8 Å². The molecule has 0 spiro atoms.